The Hall–Kier alpha value is 0. The molecule has 0 atom stereocenters. The Morgan fingerprint density at radius 1 is 1.30 bits per heavy atom. The molecule has 10 heavy (non-hydrogen) atoms. The lowest BCUT2D eigenvalue weighted by Gasteiger charge is -2.08. The topological polar surface area (TPSA) is 0 Å². The summed E-state index contributed by atoms with van der Waals surface area (Å²) in [6, 6.07) is 0. The average Bonchev–Trinajstić information content (AvgIpc) is 2.47. The molecule has 0 heteroatoms. The van der Waals surface area contributed by atoms with E-state index in [0.29, 0.717) is 0 Å². The molecule has 0 aromatic rings. The van der Waals surface area contributed by atoms with Gasteiger partial charge in [0.15, 0.2) is 0 Å². The third-order valence-electron chi connectivity index (χ3n) is 2.67. The fraction of sp³-hybridized carbons (Fsp3) is 1.00. The Morgan fingerprint density at radius 3 is 2.30 bits per heavy atom. The van der Waals surface area contributed by atoms with Crippen molar-refractivity contribution in [1.82, 2.24) is 0 Å². The van der Waals surface area contributed by atoms with Crippen molar-refractivity contribution in [3.63, 3.8) is 0 Å². The number of rotatable bonds is 4. The summed E-state index contributed by atoms with van der Waals surface area (Å²) in [5, 5.41) is 0. The third-order valence-corrected chi connectivity index (χ3v) is 2.67. The summed E-state index contributed by atoms with van der Waals surface area (Å²) in [6.45, 7) is 7.05. The molecule has 0 N–H and O–H groups in total. The first-order chi connectivity index (χ1) is 4.62. The van der Waals surface area contributed by atoms with E-state index in [1.807, 2.05) is 0 Å². The van der Waals surface area contributed by atoms with Gasteiger partial charge in [-0.15, -0.1) is 0 Å². The van der Waals surface area contributed by atoms with Crippen molar-refractivity contribution < 1.29 is 0 Å². The fourth-order valence-corrected chi connectivity index (χ4v) is 1.40. The van der Waals surface area contributed by atoms with Crippen LogP contribution in [-0.2, 0) is 0 Å². The highest BCUT2D eigenvalue weighted by atomic mass is 14.4. The van der Waals surface area contributed by atoms with Crippen LogP contribution in [0, 0.1) is 11.3 Å². The van der Waals surface area contributed by atoms with Gasteiger partial charge < -0.3 is 0 Å². The van der Waals surface area contributed by atoms with E-state index in [-0.39, 0.29) is 0 Å². The minimum absolute atomic E-state index is 0.787. The monoisotopic (exact) mass is 140 g/mol. The number of hydrogen-bond acceptors (Lipinski definition) is 0. The molecule has 0 unspecified atom stereocenters. The normalized spacial score (nSPS) is 21.6. The van der Waals surface area contributed by atoms with Crippen LogP contribution >= 0.6 is 0 Å². The summed E-state index contributed by atoms with van der Waals surface area (Å²) >= 11 is 0. The van der Waals surface area contributed by atoms with E-state index in [0.717, 1.165) is 11.3 Å². The van der Waals surface area contributed by atoms with Gasteiger partial charge in [-0.2, -0.15) is 0 Å². The van der Waals surface area contributed by atoms with Gasteiger partial charge in [0.1, 0.15) is 0 Å². The van der Waals surface area contributed by atoms with E-state index in [4.69, 9.17) is 0 Å². The Morgan fingerprint density at radius 2 is 1.90 bits per heavy atom. The maximum Gasteiger partial charge on any atom is -0.0325 e. The van der Waals surface area contributed by atoms with Gasteiger partial charge in [-0.1, -0.05) is 33.6 Å². The number of hydrogen-bond donors (Lipinski definition) is 0. The van der Waals surface area contributed by atoms with Crippen LogP contribution in [0.2, 0.25) is 0 Å². The molecule has 0 amide bonds. The molecule has 1 saturated carbocycles. The lowest BCUT2D eigenvalue weighted by atomic mass is 9.98. The van der Waals surface area contributed by atoms with Crippen LogP contribution < -0.4 is 0 Å². The minimum Gasteiger partial charge on any atom is -0.0628 e. The van der Waals surface area contributed by atoms with Crippen LogP contribution in [-0.4, -0.2) is 0 Å². The van der Waals surface area contributed by atoms with Gasteiger partial charge in [0.25, 0.3) is 0 Å². The molecule has 0 radical (unpaired) electrons. The molecule has 0 aromatic heterocycles. The molecule has 0 aromatic carbocycles. The van der Waals surface area contributed by atoms with E-state index >= 15 is 0 Å². The quantitative estimate of drug-likeness (QED) is 0.559. The summed E-state index contributed by atoms with van der Waals surface area (Å²) in [5.74, 6) is 0.905. The van der Waals surface area contributed by atoms with Gasteiger partial charge in [-0.3, -0.25) is 0 Å². The van der Waals surface area contributed by atoms with E-state index in [1.165, 1.54) is 32.1 Å². The summed E-state index contributed by atoms with van der Waals surface area (Å²) in [6.07, 6.45) is 7.34. The van der Waals surface area contributed by atoms with Gasteiger partial charge in [-0.05, 0) is 30.6 Å². The Labute approximate surface area is 65.0 Å². The average molecular weight is 140 g/mol. The first-order valence-electron chi connectivity index (χ1n) is 4.62. The smallest absolute Gasteiger partial charge is 0.0325 e. The molecule has 0 nitrogen and oxygen atoms in total. The second kappa shape index (κ2) is 2.94. The van der Waals surface area contributed by atoms with E-state index in [2.05, 4.69) is 20.8 Å². The molecule has 1 fully saturated rings. The van der Waals surface area contributed by atoms with Crippen LogP contribution in [0.15, 0.2) is 0 Å². The molecule has 0 heterocycles. The Bertz CT molecular complexity index is 98.6. The summed E-state index contributed by atoms with van der Waals surface area (Å²) in [5.41, 5.74) is 0.787. The molecule has 1 aliphatic carbocycles. The van der Waals surface area contributed by atoms with Gasteiger partial charge in [-0.25, -0.2) is 0 Å². The van der Waals surface area contributed by atoms with Crippen molar-refractivity contribution in [2.75, 3.05) is 0 Å². The Balaban J connectivity index is 1.95. The molecule has 0 spiro atoms. The maximum absolute atomic E-state index is 2.42. The predicted molar refractivity (Wildman–Crippen MR) is 46.0 cm³/mol. The van der Waals surface area contributed by atoms with Crippen LogP contribution in [0.25, 0.3) is 0 Å². The van der Waals surface area contributed by atoms with Crippen LogP contribution in [0.1, 0.15) is 52.9 Å². The molecular formula is C10H20. The molecule has 1 aliphatic rings. The summed E-state index contributed by atoms with van der Waals surface area (Å²) < 4.78 is 0. The highest BCUT2D eigenvalue weighted by molar-refractivity contribution is 4.87. The highest BCUT2D eigenvalue weighted by Gasteiger charge is 2.35. The first kappa shape index (κ1) is 8.10. The Kier molecular flexibility index (Phi) is 2.38. The molecular weight excluding hydrogens is 120 g/mol. The van der Waals surface area contributed by atoms with E-state index < -0.39 is 0 Å². The van der Waals surface area contributed by atoms with Crippen molar-refractivity contribution in [2.24, 2.45) is 11.3 Å². The zero-order valence-corrected chi connectivity index (χ0v) is 7.61. The van der Waals surface area contributed by atoms with E-state index in [9.17, 15) is 0 Å². The molecule has 0 bridgehead atoms. The summed E-state index contributed by atoms with van der Waals surface area (Å²) in [4.78, 5) is 0. The van der Waals surface area contributed by atoms with Crippen LogP contribution in [0.4, 0.5) is 0 Å². The molecule has 60 valence electrons. The fourth-order valence-electron chi connectivity index (χ4n) is 1.40. The zero-order valence-electron chi connectivity index (χ0n) is 7.61. The second-order valence-electron chi connectivity index (χ2n) is 4.60. The maximum atomic E-state index is 2.42. The highest BCUT2D eigenvalue weighted by Crippen LogP contribution is 2.49. The van der Waals surface area contributed by atoms with Crippen LogP contribution in [0.3, 0.4) is 0 Å². The van der Waals surface area contributed by atoms with Gasteiger partial charge in [0, 0.05) is 0 Å². The third kappa shape index (κ3) is 2.72. The van der Waals surface area contributed by atoms with Crippen molar-refractivity contribution in [1.29, 1.82) is 0 Å². The van der Waals surface area contributed by atoms with Crippen LogP contribution in [0.5, 0.6) is 0 Å². The van der Waals surface area contributed by atoms with Crippen molar-refractivity contribution >= 4 is 0 Å². The van der Waals surface area contributed by atoms with Gasteiger partial charge >= 0.3 is 0 Å². The van der Waals surface area contributed by atoms with Gasteiger partial charge in [0.2, 0.25) is 0 Å². The van der Waals surface area contributed by atoms with Crippen molar-refractivity contribution in [3.05, 3.63) is 0 Å². The standard InChI is InChI=1S/C10H20/c1-9(2)5-4-6-10(3)7-8-10/h9H,4-8H2,1-3H3. The van der Waals surface area contributed by atoms with Crippen molar-refractivity contribution in [2.45, 2.75) is 52.9 Å². The predicted octanol–water partition coefficient (Wildman–Crippen LogP) is 3.61. The zero-order chi connectivity index (χ0) is 7.61. The lowest BCUT2D eigenvalue weighted by Crippen LogP contribution is -1.94. The molecule has 0 saturated heterocycles. The molecule has 0 aliphatic heterocycles. The molecule has 1 rings (SSSR count). The lowest BCUT2D eigenvalue weighted by molar-refractivity contribution is 0.445. The van der Waals surface area contributed by atoms with Gasteiger partial charge in [0.05, 0.1) is 0 Å². The second-order valence-corrected chi connectivity index (χ2v) is 4.60. The summed E-state index contributed by atoms with van der Waals surface area (Å²) in [7, 11) is 0. The SMILES string of the molecule is CC(C)CCCC1(C)CC1. The van der Waals surface area contributed by atoms with Crippen molar-refractivity contribution in [3.8, 4) is 0 Å². The largest absolute Gasteiger partial charge is 0.0628 e. The van der Waals surface area contributed by atoms with E-state index in [1.54, 1.807) is 0 Å². The minimum atomic E-state index is 0.787. The first-order valence-corrected chi connectivity index (χ1v) is 4.62.